The Balaban J connectivity index is 2.23. The molecule has 0 N–H and O–H groups in total. The molecule has 0 heterocycles. The molecule has 0 spiro atoms. The van der Waals surface area contributed by atoms with Crippen molar-refractivity contribution in [2.24, 2.45) is 0 Å². The molecule has 0 radical (unpaired) electrons. The third-order valence-corrected chi connectivity index (χ3v) is 4.03. The minimum Gasteiger partial charge on any atom is -0.486 e. The van der Waals surface area contributed by atoms with Crippen LogP contribution in [0.25, 0.3) is 0 Å². The average molecular weight is 422 g/mol. The Hall–Kier alpha value is -0.910. The van der Waals surface area contributed by atoms with Gasteiger partial charge >= 0.3 is 0 Å². The Morgan fingerprint density at radius 2 is 1.90 bits per heavy atom. The molecule has 2 aromatic carbocycles. The van der Waals surface area contributed by atoms with Crippen LogP contribution >= 0.6 is 43.5 Å². The summed E-state index contributed by atoms with van der Waals surface area (Å²) in [5, 5.41) is 0.0561. The SMILES string of the molecule is O=Cc1cc(Br)c(OCc2cccc(Cl)c2F)c(Br)c1. The van der Waals surface area contributed by atoms with E-state index in [0.717, 1.165) is 6.29 Å². The van der Waals surface area contributed by atoms with Gasteiger partial charge in [0.1, 0.15) is 24.5 Å². The molecule has 0 atom stereocenters. The molecular weight excluding hydrogens is 414 g/mol. The molecule has 0 aliphatic carbocycles. The van der Waals surface area contributed by atoms with Crippen LogP contribution in [0, 0.1) is 5.82 Å². The summed E-state index contributed by atoms with van der Waals surface area (Å²) in [4.78, 5) is 10.7. The molecule has 104 valence electrons. The fourth-order valence-corrected chi connectivity index (χ4v) is 3.24. The van der Waals surface area contributed by atoms with Crippen LogP contribution in [0.4, 0.5) is 4.39 Å². The van der Waals surface area contributed by atoms with Gasteiger partial charge in [0.05, 0.1) is 14.0 Å². The summed E-state index contributed by atoms with van der Waals surface area (Å²) in [6.07, 6.45) is 0.732. The van der Waals surface area contributed by atoms with E-state index in [1.54, 1.807) is 24.3 Å². The molecule has 20 heavy (non-hydrogen) atoms. The van der Waals surface area contributed by atoms with E-state index in [-0.39, 0.29) is 11.6 Å². The first-order valence-corrected chi connectivity index (χ1v) is 7.49. The van der Waals surface area contributed by atoms with E-state index in [1.807, 2.05) is 0 Å². The van der Waals surface area contributed by atoms with E-state index in [2.05, 4.69) is 31.9 Å². The zero-order valence-corrected chi connectivity index (χ0v) is 13.9. The molecule has 2 nitrogen and oxygen atoms in total. The van der Waals surface area contributed by atoms with Crippen molar-refractivity contribution in [3.63, 3.8) is 0 Å². The van der Waals surface area contributed by atoms with Crippen molar-refractivity contribution in [3.05, 3.63) is 61.2 Å². The first kappa shape index (κ1) is 15.5. The minimum absolute atomic E-state index is 0.0318. The standard InChI is InChI=1S/C14H8Br2ClFO2/c15-10-4-8(6-19)5-11(16)14(10)20-7-9-2-1-3-12(17)13(9)18/h1-6H,7H2. The van der Waals surface area contributed by atoms with Gasteiger partial charge in [-0.05, 0) is 50.1 Å². The monoisotopic (exact) mass is 420 g/mol. The lowest BCUT2D eigenvalue weighted by Crippen LogP contribution is -2.00. The van der Waals surface area contributed by atoms with Crippen LogP contribution in [0.3, 0.4) is 0 Å². The molecule has 0 aliphatic heterocycles. The molecular formula is C14H8Br2ClFO2. The number of hydrogen-bond acceptors (Lipinski definition) is 2. The quantitative estimate of drug-likeness (QED) is 0.617. The molecule has 2 aromatic rings. The molecule has 0 unspecified atom stereocenters. The molecule has 0 aliphatic rings. The van der Waals surface area contributed by atoms with E-state index in [4.69, 9.17) is 16.3 Å². The largest absolute Gasteiger partial charge is 0.486 e. The summed E-state index contributed by atoms with van der Waals surface area (Å²) in [6, 6.07) is 7.99. The van der Waals surface area contributed by atoms with Gasteiger partial charge in [0.15, 0.2) is 0 Å². The number of hydrogen-bond donors (Lipinski definition) is 0. The summed E-state index contributed by atoms with van der Waals surface area (Å²) < 4.78 is 20.5. The molecule has 0 bridgehead atoms. The first-order valence-electron chi connectivity index (χ1n) is 5.53. The second-order valence-electron chi connectivity index (χ2n) is 3.93. The lowest BCUT2D eigenvalue weighted by Gasteiger charge is -2.12. The van der Waals surface area contributed by atoms with Gasteiger partial charge in [-0.3, -0.25) is 4.79 Å². The van der Waals surface area contributed by atoms with E-state index in [0.29, 0.717) is 25.8 Å². The van der Waals surface area contributed by atoms with Gasteiger partial charge in [0, 0.05) is 11.1 Å². The van der Waals surface area contributed by atoms with Crippen molar-refractivity contribution in [1.29, 1.82) is 0 Å². The molecule has 0 fully saturated rings. The van der Waals surface area contributed by atoms with Gasteiger partial charge in [0.2, 0.25) is 0 Å². The Bertz CT molecular complexity index is 639. The number of carbonyl (C=O) groups is 1. The number of rotatable bonds is 4. The molecule has 0 saturated carbocycles. The van der Waals surface area contributed by atoms with Crippen molar-refractivity contribution in [2.75, 3.05) is 0 Å². The van der Waals surface area contributed by atoms with Crippen molar-refractivity contribution < 1.29 is 13.9 Å². The molecule has 2 rings (SSSR count). The molecule has 0 amide bonds. The summed E-state index contributed by atoms with van der Waals surface area (Å²) >= 11 is 12.3. The predicted octanol–water partition coefficient (Wildman–Crippen LogP) is 5.40. The van der Waals surface area contributed by atoms with Crippen LogP contribution in [0.2, 0.25) is 5.02 Å². The summed E-state index contributed by atoms with van der Waals surface area (Å²) in [5.74, 6) is 0.000832. The highest BCUT2D eigenvalue weighted by atomic mass is 79.9. The van der Waals surface area contributed by atoms with Gasteiger partial charge in [-0.15, -0.1) is 0 Å². The number of ether oxygens (including phenoxy) is 1. The second kappa shape index (κ2) is 6.70. The average Bonchev–Trinajstić information content (AvgIpc) is 2.42. The summed E-state index contributed by atoms with van der Waals surface area (Å²) in [5.41, 5.74) is 0.862. The van der Waals surface area contributed by atoms with Gasteiger partial charge in [-0.25, -0.2) is 4.39 Å². The topological polar surface area (TPSA) is 26.3 Å². The highest BCUT2D eigenvalue weighted by Crippen LogP contribution is 2.35. The van der Waals surface area contributed by atoms with Crippen LogP contribution in [-0.4, -0.2) is 6.29 Å². The Kier molecular flexibility index (Phi) is 5.18. The van der Waals surface area contributed by atoms with E-state index in [9.17, 15) is 9.18 Å². The fourth-order valence-electron chi connectivity index (χ4n) is 1.60. The summed E-state index contributed by atoms with van der Waals surface area (Å²) in [7, 11) is 0. The number of aldehydes is 1. The fraction of sp³-hybridized carbons (Fsp3) is 0.0714. The molecule has 6 heteroatoms. The normalized spacial score (nSPS) is 10.4. The second-order valence-corrected chi connectivity index (χ2v) is 6.05. The lowest BCUT2D eigenvalue weighted by atomic mass is 10.2. The zero-order valence-electron chi connectivity index (χ0n) is 10.00. The van der Waals surface area contributed by atoms with E-state index >= 15 is 0 Å². The van der Waals surface area contributed by atoms with Gasteiger partial charge < -0.3 is 4.74 Å². The van der Waals surface area contributed by atoms with Crippen LogP contribution < -0.4 is 4.74 Å². The third-order valence-electron chi connectivity index (χ3n) is 2.56. The molecule has 0 aromatic heterocycles. The van der Waals surface area contributed by atoms with Crippen LogP contribution in [-0.2, 0) is 6.61 Å². The smallest absolute Gasteiger partial charge is 0.150 e. The number of benzene rings is 2. The van der Waals surface area contributed by atoms with Crippen LogP contribution in [0.5, 0.6) is 5.75 Å². The van der Waals surface area contributed by atoms with Crippen molar-refractivity contribution in [1.82, 2.24) is 0 Å². The Morgan fingerprint density at radius 1 is 1.25 bits per heavy atom. The Morgan fingerprint density at radius 3 is 2.50 bits per heavy atom. The summed E-state index contributed by atoms with van der Waals surface area (Å²) in [6.45, 7) is 0.0318. The van der Waals surface area contributed by atoms with Crippen LogP contribution in [0.15, 0.2) is 39.3 Å². The Labute approximate surface area is 137 Å². The van der Waals surface area contributed by atoms with E-state index in [1.165, 1.54) is 6.07 Å². The highest BCUT2D eigenvalue weighted by Gasteiger charge is 2.11. The maximum Gasteiger partial charge on any atom is 0.150 e. The maximum atomic E-state index is 13.7. The van der Waals surface area contributed by atoms with Gasteiger partial charge in [-0.1, -0.05) is 23.7 Å². The minimum atomic E-state index is -0.495. The number of carbonyl (C=O) groups excluding carboxylic acids is 1. The van der Waals surface area contributed by atoms with Crippen molar-refractivity contribution >= 4 is 49.7 Å². The van der Waals surface area contributed by atoms with E-state index < -0.39 is 5.82 Å². The van der Waals surface area contributed by atoms with Gasteiger partial charge in [0.25, 0.3) is 0 Å². The third kappa shape index (κ3) is 3.40. The zero-order chi connectivity index (χ0) is 14.7. The number of halogens is 4. The van der Waals surface area contributed by atoms with Crippen LogP contribution in [0.1, 0.15) is 15.9 Å². The first-order chi connectivity index (χ1) is 9.52. The van der Waals surface area contributed by atoms with Crippen molar-refractivity contribution in [2.45, 2.75) is 6.61 Å². The highest BCUT2D eigenvalue weighted by molar-refractivity contribution is 9.11. The van der Waals surface area contributed by atoms with Crippen molar-refractivity contribution in [3.8, 4) is 5.75 Å². The molecule has 0 saturated heterocycles. The maximum absolute atomic E-state index is 13.7. The predicted molar refractivity (Wildman–Crippen MR) is 83.0 cm³/mol. The lowest BCUT2D eigenvalue weighted by molar-refractivity contribution is 0.112. The van der Waals surface area contributed by atoms with Gasteiger partial charge in [-0.2, -0.15) is 0 Å².